The van der Waals surface area contributed by atoms with E-state index in [-0.39, 0.29) is 11.5 Å². The Bertz CT molecular complexity index is 180. The van der Waals surface area contributed by atoms with E-state index in [2.05, 4.69) is 19.2 Å². The largest absolute Gasteiger partial charge is 0.392 e. The van der Waals surface area contributed by atoms with E-state index in [1.165, 1.54) is 0 Å². The monoisotopic (exact) mass is 201 g/mol. The van der Waals surface area contributed by atoms with Gasteiger partial charge in [0.15, 0.2) is 0 Å². The van der Waals surface area contributed by atoms with Gasteiger partial charge in [0.25, 0.3) is 0 Å². The van der Waals surface area contributed by atoms with Crippen LogP contribution in [0.25, 0.3) is 0 Å². The van der Waals surface area contributed by atoms with Gasteiger partial charge in [0.05, 0.1) is 12.2 Å². The molecule has 0 aliphatic heterocycles. The molecule has 0 saturated heterocycles. The van der Waals surface area contributed by atoms with Crippen LogP contribution in [0, 0.1) is 5.41 Å². The van der Waals surface area contributed by atoms with Gasteiger partial charge in [-0.25, -0.2) is 0 Å². The predicted octanol–water partition coefficient (Wildman–Crippen LogP) is 1.16. The number of aliphatic hydroxyl groups excluding tert-OH is 1. The number of rotatable bonds is 5. The molecule has 1 saturated carbocycles. The van der Waals surface area contributed by atoms with E-state index in [0.29, 0.717) is 18.7 Å². The Kier molecular flexibility index (Phi) is 3.93. The number of hydrogen-bond acceptors (Lipinski definition) is 3. The zero-order valence-corrected chi connectivity index (χ0v) is 9.71. The fraction of sp³-hybridized carbons (Fsp3) is 1.00. The first kappa shape index (κ1) is 12.0. The first-order valence-corrected chi connectivity index (χ1v) is 5.51. The maximum Gasteiger partial charge on any atom is 0.0655 e. The molecule has 1 aliphatic carbocycles. The van der Waals surface area contributed by atoms with Crippen LogP contribution < -0.4 is 5.32 Å². The lowest BCUT2D eigenvalue weighted by molar-refractivity contribution is -0.115. The summed E-state index contributed by atoms with van der Waals surface area (Å²) in [5, 5.41) is 12.5. The molecule has 3 nitrogen and oxygen atoms in total. The highest BCUT2D eigenvalue weighted by molar-refractivity contribution is 5.02. The summed E-state index contributed by atoms with van der Waals surface area (Å²) in [5.41, 5.74) is 0.199. The standard InChI is InChI=1S/C11H23NO2/c1-5-14-10-6-9(11(10,3)4)12-7-8(2)13/h8-10,12-13H,5-7H2,1-4H3/t8-,9?,10?/m1/s1. The quantitative estimate of drug-likeness (QED) is 0.701. The molecule has 1 fully saturated rings. The lowest BCUT2D eigenvalue weighted by Gasteiger charge is -2.52. The van der Waals surface area contributed by atoms with Crippen LogP contribution in [0.2, 0.25) is 0 Å². The number of ether oxygens (including phenoxy) is 1. The van der Waals surface area contributed by atoms with Gasteiger partial charge < -0.3 is 15.2 Å². The van der Waals surface area contributed by atoms with Crippen molar-refractivity contribution in [3.05, 3.63) is 0 Å². The van der Waals surface area contributed by atoms with Crippen LogP contribution in [-0.4, -0.2) is 36.5 Å². The van der Waals surface area contributed by atoms with E-state index in [9.17, 15) is 0 Å². The van der Waals surface area contributed by atoms with Gasteiger partial charge in [-0.2, -0.15) is 0 Å². The first-order chi connectivity index (χ1) is 6.48. The molecule has 0 spiro atoms. The Labute approximate surface area is 86.8 Å². The van der Waals surface area contributed by atoms with E-state index in [1.54, 1.807) is 6.92 Å². The van der Waals surface area contributed by atoms with Crippen molar-refractivity contribution in [2.75, 3.05) is 13.2 Å². The molecule has 84 valence electrons. The highest BCUT2D eigenvalue weighted by Gasteiger charge is 2.48. The lowest BCUT2D eigenvalue weighted by atomic mass is 9.64. The smallest absolute Gasteiger partial charge is 0.0655 e. The fourth-order valence-corrected chi connectivity index (χ4v) is 2.03. The SMILES string of the molecule is CCOC1CC(NC[C@@H](C)O)C1(C)C. The van der Waals surface area contributed by atoms with Crippen molar-refractivity contribution in [2.45, 2.75) is 52.4 Å². The zero-order valence-electron chi connectivity index (χ0n) is 9.71. The second-order valence-electron chi connectivity index (χ2n) is 4.81. The minimum Gasteiger partial charge on any atom is -0.392 e. The third-order valence-electron chi connectivity index (χ3n) is 3.21. The van der Waals surface area contributed by atoms with Gasteiger partial charge in [-0.05, 0) is 20.3 Å². The van der Waals surface area contributed by atoms with Gasteiger partial charge >= 0.3 is 0 Å². The van der Waals surface area contributed by atoms with Gasteiger partial charge in [0.2, 0.25) is 0 Å². The molecule has 0 heterocycles. The predicted molar refractivity (Wildman–Crippen MR) is 57.3 cm³/mol. The van der Waals surface area contributed by atoms with Crippen LogP contribution in [0.1, 0.15) is 34.1 Å². The van der Waals surface area contributed by atoms with Crippen LogP contribution in [0.3, 0.4) is 0 Å². The van der Waals surface area contributed by atoms with Crippen molar-refractivity contribution >= 4 is 0 Å². The molecular formula is C11H23NO2. The van der Waals surface area contributed by atoms with Crippen LogP contribution in [0.15, 0.2) is 0 Å². The summed E-state index contributed by atoms with van der Waals surface area (Å²) in [7, 11) is 0. The summed E-state index contributed by atoms with van der Waals surface area (Å²) in [4.78, 5) is 0. The van der Waals surface area contributed by atoms with Gasteiger partial charge in [0, 0.05) is 24.6 Å². The molecule has 0 amide bonds. The van der Waals surface area contributed by atoms with Crippen LogP contribution in [0.4, 0.5) is 0 Å². The maximum atomic E-state index is 9.17. The first-order valence-electron chi connectivity index (χ1n) is 5.51. The molecule has 2 unspecified atom stereocenters. The van der Waals surface area contributed by atoms with Crippen molar-refractivity contribution in [3.8, 4) is 0 Å². The minimum atomic E-state index is -0.267. The van der Waals surface area contributed by atoms with Crippen LogP contribution >= 0.6 is 0 Å². The Morgan fingerprint density at radius 1 is 1.57 bits per heavy atom. The van der Waals surface area contributed by atoms with Gasteiger partial charge in [-0.1, -0.05) is 13.8 Å². The van der Waals surface area contributed by atoms with E-state index in [1.807, 2.05) is 6.92 Å². The Hall–Kier alpha value is -0.120. The molecular weight excluding hydrogens is 178 g/mol. The highest BCUT2D eigenvalue weighted by atomic mass is 16.5. The summed E-state index contributed by atoms with van der Waals surface area (Å²) < 4.78 is 5.63. The lowest BCUT2D eigenvalue weighted by Crippen LogP contribution is -2.61. The Balaban J connectivity index is 2.31. The normalized spacial score (nSPS) is 32.4. The van der Waals surface area contributed by atoms with Crippen LogP contribution in [-0.2, 0) is 4.74 Å². The summed E-state index contributed by atoms with van der Waals surface area (Å²) in [6.07, 6.45) is 1.17. The number of aliphatic hydroxyl groups is 1. The van der Waals surface area contributed by atoms with Gasteiger partial charge in [0.1, 0.15) is 0 Å². The summed E-state index contributed by atoms with van der Waals surface area (Å²) in [5.74, 6) is 0. The number of nitrogens with one attached hydrogen (secondary N) is 1. The van der Waals surface area contributed by atoms with Gasteiger partial charge in [-0.3, -0.25) is 0 Å². The molecule has 0 aromatic heterocycles. The fourth-order valence-electron chi connectivity index (χ4n) is 2.03. The molecule has 0 aromatic rings. The number of hydrogen-bond donors (Lipinski definition) is 2. The molecule has 3 heteroatoms. The van der Waals surface area contributed by atoms with Crippen molar-refractivity contribution in [1.29, 1.82) is 0 Å². The second-order valence-corrected chi connectivity index (χ2v) is 4.81. The topological polar surface area (TPSA) is 41.5 Å². The third-order valence-corrected chi connectivity index (χ3v) is 3.21. The van der Waals surface area contributed by atoms with Crippen molar-refractivity contribution in [2.24, 2.45) is 5.41 Å². The average Bonchev–Trinajstić information content (AvgIpc) is 2.09. The Morgan fingerprint density at radius 2 is 2.21 bits per heavy atom. The second kappa shape index (κ2) is 4.60. The summed E-state index contributed by atoms with van der Waals surface area (Å²) in [6, 6.07) is 0.480. The molecule has 2 N–H and O–H groups in total. The van der Waals surface area contributed by atoms with Crippen molar-refractivity contribution < 1.29 is 9.84 Å². The Morgan fingerprint density at radius 3 is 2.64 bits per heavy atom. The molecule has 3 atom stereocenters. The van der Waals surface area contributed by atoms with E-state index in [0.717, 1.165) is 13.0 Å². The van der Waals surface area contributed by atoms with E-state index >= 15 is 0 Å². The molecule has 0 aromatic carbocycles. The molecule has 14 heavy (non-hydrogen) atoms. The molecule has 0 radical (unpaired) electrons. The molecule has 1 aliphatic rings. The summed E-state index contributed by atoms with van der Waals surface area (Å²) in [6.45, 7) is 9.74. The van der Waals surface area contributed by atoms with E-state index in [4.69, 9.17) is 9.84 Å². The molecule has 1 rings (SSSR count). The highest BCUT2D eigenvalue weighted by Crippen LogP contribution is 2.42. The van der Waals surface area contributed by atoms with E-state index < -0.39 is 0 Å². The third kappa shape index (κ3) is 2.47. The van der Waals surface area contributed by atoms with Crippen molar-refractivity contribution in [3.63, 3.8) is 0 Å². The maximum absolute atomic E-state index is 9.17. The summed E-state index contributed by atoms with van der Waals surface area (Å²) >= 11 is 0. The zero-order chi connectivity index (χ0) is 10.8. The molecule has 0 bridgehead atoms. The average molecular weight is 201 g/mol. The van der Waals surface area contributed by atoms with Crippen molar-refractivity contribution in [1.82, 2.24) is 5.32 Å². The van der Waals surface area contributed by atoms with Crippen LogP contribution in [0.5, 0.6) is 0 Å². The minimum absolute atomic E-state index is 0.199. The van der Waals surface area contributed by atoms with Gasteiger partial charge in [-0.15, -0.1) is 0 Å².